The molecule has 0 aliphatic carbocycles. The highest BCUT2D eigenvalue weighted by atomic mass is 32.1. The molecule has 6 nitrogen and oxygen atoms in total. The minimum absolute atomic E-state index is 0.145. The molecule has 0 bridgehead atoms. The van der Waals surface area contributed by atoms with Crippen LogP contribution < -0.4 is 20.7 Å². The summed E-state index contributed by atoms with van der Waals surface area (Å²) in [5, 5.41) is 8.64. The number of rotatable bonds is 12. The summed E-state index contributed by atoms with van der Waals surface area (Å²) in [5.41, 5.74) is 0.694. The number of unbranched alkanes of at least 4 members (excludes halogenated alkanes) is 5. The number of para-hydroxylation sites is 2. The zero-order valence-electron chi connectivity index (χ0n) is 17.5. The lowest BCUT2D eigenvalue weighted by Gasteiger charge is -2.11. The molecule has 0 atom stereocenters. The second kappa shape index (κ2) is 14.4. The number of thiocarbonyl (C=S) groups is 1. The molecule has 2 rings (SSSR count). The van der Waals surface area contributed by atoms with Gasteiger partial charge in [-0.25, -0.2) is 13.6 Å². The number of carbonyl (C=O) groups excluding carboxylic acids is 1. The SMILES string of the molecule is O=C(N=S)Nc1ccccc1OCCCCCCCCNC(=S)Nc1ccc(F)cc1F. The summed E-state index contributed by atoms with van der Waals surface area (Å²) in [4.78, 5) is 11.3. The number of hydrogen-bond donors (Lipinski definition) is 3. The second-order valence-electron chi connectivity index (χ2n) is 6.99. The lowest BCUT2D eigenvalue weighted by Crippen LogP contribution is -2.29. The Bertz CT molecular complexity index is 915. The largest absolute Gasteiger partial charge is 0.491 e. The van der Waals surface area contributed by atoms with Crippen molar-refractivity contribution in [1.29, 1.82) is 0 Å². The monoisotopic (exact) mass is 480 g/mol. The van der Waals surface area contributed by atoms with Crippen molar-refractivity contribution < 1.29 is 18.3 Å². The van der Waals surface area contributed by atoms with Crippen LogP contribution in [0.2, 0.25) is 0 Å². The summed E-state index contributed by atoms with van der Waals surface area (Å²) in [7, 11) is 0. The van der Waals surface area contributed by atoms with E-state index < -0.39 is 17.7 Å². The molecule has 0 heterocycles. The zero-order chi connectivity index (χ0) is 23.2. The molecule has 0 saturated carbocycles. The molecule has 172 valence electrons. The average molecular weight is 481 g/mol. The summed E-state index contributed by atoms with van der Waals surface area (Å²) in [5.74, 6) is -0.717. The smallest absolute Gasteiger partial charge is 0.356 e. The maximum absolute atomic E-state index is 13.6. The summed E-state index contributed by atoms with van der Waals surface area (Å²) in [6, 6.07) is 9.86. The van der Waals surface area contributed by atoms with Crippen LogP contribution in [0, 0.1) is 11.6 Å². The van der Waals surface area contributed by atoms with Crippen LogP contribution in [0.1, 0.15) is 38.5 Å². The van der Waals surface area contributed by atoms with E-state index in [1.54, 1.807) is 18.2 Å². The Morgan fingerprint density at radius 3 is 2.41 bits per heavy atom. The number of carbonyl (C=O) groups is 1. The first-order chi connectivity index (χ1) is 15.5. The van der Waals surface area contributed by atoms with Crippen LogP contribution in [-0.4, -0.2) is 24.3 Å². The highest BCUT2D eigenvalue weighted by molar-refractivity contribution is 7.80. The summed E-state index contributed by atoms with van der Waals surface area (Å²) >= 11 is 9.50. The first-order valence-corrected chi connectivity index (χ1v) is 11.1. The van der Waals surface area contributed by atoms with Crippen molar-refractivity contribution in [2.45, 2.75) is 38.5 Å². The van der Waals surface area contributed by atoms with Gasteiger partial charge < -0.3 is 20.7 Å². The lowest BCUT2D eigenvalue weighted by molar-refractivity contribution is 0.259. The molecule has 3 N–H and O–H groups in total. The Morgan fingerprint density at radius 1 is 0.938 bits per heavy atom. The number of hydrogen-bond acceptors (Lipinski definition) is 4. The molecule has 2 amide bonds. The zero-order valence-corrected chi connectivity index (χ0v) is 19.2. The predicted molar refractivity (Wildman–Crippen MR) is 129 cm³/mol. The van der Waals surface area contributed by atoms with E-state index in [1.165, 1.54) is 12.1 Å². The van der Waals surface area contributed by atoms with Gasteiger partial charge in [-0.2, -0.15) is 0 Å². The Hall–Kier alpha value is -2.72. The molecule has 0 unspecified atom stereocenters. The van der Waals surface area contributed by atoms with Crippen molar-refractivity contribution >= 4 is 47.2 Å². The summed E-state index contributed by atoms with van der Waals surface area (Å²) in [6.07, 6.45) is 6.09. The third-order valence-electron chi connectivity index (χ3n) is 4.51. The highest BCUT2D eigenvalue weighted by Gasteiger charge is 2.07. The minimum Gasteiger partial charge on any atom is -0.491 e. The Labute approximate surface area is 197 Å². The van der Waals surface area contributed by atoms with Gasteiger partial charge >= 0.3 is 6.03 Å². The normalized spacial score (nSPS) is 10.3. The van der Waals surface area contributed by atoms with Crippen LogP contribution >= 0.6 is 12.2 Å². The third-order valence-corrected chi connectivity index (χ3v) is 4.92. The maximum Gasteiger partial charge on any atom is 0.356 e. The number of anilines is 2. The van der Waals surface area contributed by atoms with E-state index in [2.05, 4.69) is 32.7 Å². The Balaban J connectivity index is 1.50. The standard InChI is InChI=1S/C22H26F2N4O2S2/c23-16-11-12-18(17(24)15-16)27-22(31)25-13-7-3-1-2-4-8-14-30-20-10-6-5-9-19(20)26-21(29)28-32/h5-6,9-12,15H,1-4,7-8,13-14H2,(H,26,29)(H2,25,27,31). The van der Waals surface area contributed by atoms with Gasteiger partial charge in [0.15, 0.2) is 5.11 Å². The fourth-order valence-corrected chi connectivity index (χ4v) is 3.17. The van der Waals surface area contributed by atoms with Gasteiger partial charge in [-0.3, -0.25) is 0 Å². The fraction of sp³-hybridized carbons (Fsp3) is 0.364. The number of nitrogens with zero attached hydrogens (tertiary/aromatic N) is 1. The number of nitrogens with one attached hydrogen (secondary N) is 3. The number of ether oxygens (including phenoxy) is 1. The molecule has 0 aliphatic rings. The molecule has 0 radical (unpaired) electrons. The van der Waals surface area contributed by atoms with E-state index in [0.29, 0.717) is 29.7 Å². The summed E-state index contributed by atoms with van der Waals surface area (Å²) in [6.45, 7) is 1.23. The van der Waals surface area contributed by atoms with E-state index in [-0.39, 0.29) is 5.69 Å². The quantitative estimate of drug-likeness (QED) is 0.258. The molecular formula is C22H26F2N4O2S2. The van der Waals surface area contributed by atoms with Gasteiger partial charge in [0, 0.05) is 25.0 Å². The van der Waals surface area contributed by atoms with Crippen LogP contribution in [0.4, 0.5) is 25.0 Å². The topological polar surface area (TPSA) is 74.8 Å². The van der Waals surface area contributed by atoms with Crippen molar-refractivity contribution in [3.05, 3.63) is 54.1 Å². The third kappa shape index (κ3) is 9.61. The van der Waals surface area contributed by atoms with Gasteiger partial charge in [-0.1, -0.05) is 37.8 Å². The van der Waals surface area contributed by atoms with Gasteiger partial charge in [-0.15, -0.1) is 4.36 Å². The first kappa shape index (κ1) is 25.5. The van der Waals surface area contributed by atoms with E-state index >= 15 is 0 Å². The van der Waals surface area contributed by atoms with Gasteiger partial charge in [0.25, 0.3) is 0 Å². The van der Waals surface area contributed by atoms with Gasteiger partial charge in [0.05, 0.1) is 18.0 Å². The van der Waals surface area contributed by atoms with Gasteiger partial charge in [0.2, 0.25) is 0 Å². The number of halogens is 2. The van der Waals surface area contributed by atoms with Gasteiger partial charge in [-0.05, 0) is 49.3 Å². The van der Waals surface area contributed by atoms with Crippen molar-refractivity contribution in [3.63, 3.8) is 0 Å². The lowest BCUT2D eigenvalue weighted by atomic mass is 10.1. The first-order valence-electron chi connectivity index (χ1n) is 10.4. The van der Waals surface area contributed by atoms with E-state index in [1.807, 2.05) is 6.07 Å². The molecule has 2 aromatic carbocycles. The molecule has 0 saturated heterocycles. The number of urea groups is 1. The Kier molecular flexibility index (Phi) is 11.5. The molecular weight excluding hydrogens is 454 g/mol. The molecule has 0 aromatic heterocycles. The molecule has 10 heteroatoms. The second-order valence-corrected chi connectivity index (χ2v) is 7.58. The van der Waals surface area contributed by atoms with Crippen LogP contribution in [0.5, 0.6) is 5.75 Å². The van der Waals surface area contributed by atoms with E-state index in [0.717, 1.165) is 44.6 Å². The summed E-state index contributed by atoms with van der Waals surface area (Å²) < 4.78 is 35.4. The van der Waals surface area contributed by atoms with E-state index in [9.17, 15) is 13.6 Å². The number of amides is 2. The minimum atomic E-state index is -0.682. The molecule has 0 fully saturated rings. The van der Waals surface area contributed by atoms with E-state index in [4.69, 9.17) is 17.0 Å². The van der Waals surface area contributed by atoms with Crippen molar-refractivity contribution in [1.82, 2.24) is 5.32 Å². The average Bonchev–Trinajstić information content (AvgIpc) is 2.78. The fourth-order valence-electron chi connectivity index (χ4n) is 2.91. The Morgan fingerprint density at radius 2 is 1.66 bits per heavy atom. The van der Waals surface area contributed by atoms with Crippen LogP contribution in [0.3, 0.4) is 0 Å². The van der Waals surface area contributed by atoms with Gasteiger partial charge in [0.1, 0.15) is 17.4 Å². The van der Waals surface area contributed by atoms with Crippen molar-refractivity contribution in [2.75, 3.05) is 23.8 Å². The van der Waals surface area contributed by atoms with Crippen molar-refractivity contribution in [2.24, 2.45) is 4.36 Å². The van der Waals surface area contributed by atoms with Crippen molar-refractivity contribution in [3.8, 4) is 5.75 Å². The maximum atomic E-state index is 13.6. The molecule has 32 heavy (non-hydrogen) atoms. The molecule has 2 aromatic rings. The van der Waals surface area contributed by atoms with Crippen LogP contribution in [0.15, 0.2) is 46.8 Å². The molecule has 0 spiro atoms. The highest BCUT2D eigenvalue weighted by Crippen LogP contribution is 2.24. The molecule has 0 aliphatic heterocycles. The van der Waals surface area contributed by atoms with Crippen LogP contribution in [-0.2, 0) is 12.4 Å². The predicted octanol–water partition coefficient (Wildman–Crippen LogP) is 5.93. The number of benzene rings is 2. The van der Waals surface area contributed by atoms with Crippen LogP contribution in [0.25, 0.3) is 0 Å².